The zero-order valence-corrected chi connectivity index (χ0v) is 14.5. The first-order valence-corrected chi connectivity index (χ1v) is 8.12. The van der Waals surface area contributed by atoms with Crippen molar-refractivity contribution < 1.29 is 13.9 Å². The van der Waals surface area contributed by atoms with Crippen molar-refractivity contribution in [3.05, 3.63) is 64.6 Å². The summed E-state index contributed by atoms with van der Waals surface area (Å²) in [7, 11) is 0. The number of benzene rings is 1. The van der Waals surface area contributed by atoms with Crippen molar-refractivity contribution in [3.63, 3.8) is 0 Å². The zero-order valence-electron chi connectivity index (χ0n) is 14.5. The van der Waals surface area contributed by atoms with Gasteiger partial charge in [-0.1, -0.05) is 12.6 Å². The van der Waals surface area contributed by atoms with Crippen LogP contribution in [0.15, 0.2) is 42.0 Å². The molecule has 7 heteroatoms. The van der Waals surface area contributed by atoms with Crippen LogP contribution in [-0.2, 0) is 16.1 Å². The van der Waals surface area contributed by atoms with E-state index in [1.165, 1.54) is 21.5 Å². The lowest BCUT2D eigenvalue weighted by Gasteiger charge is -2.07. The summed E-state index contributed by atoms with van der Waals surface area (Å²) in [5.41, 5.74) is 2.27. The number of carbonyl (C=O) groups is 1. The maximum absolute atomic E-state index is 13.6. The Hall–Kier alpha value is -3.22. The molecule has 2 aromatic heterocycles. The molecule has 0 fully saturated rings. The highest BCUT2D eigenvalue weighted by Crippen LogP contribution is 2.27. The molecule has 26 heavy (non-hydrogen) atoms. The summed E-state index contributed by atoms with van der Waals surface area (Å²) in [4.78, 5) is 24.7. The number of fused-ring (bicyclic) bond motifs is 1. The average molecular weight is 355 g/mol. The fourth-order valence-electron chi connectivity index (χ4n) is 2.79. The summed E-state index contributed by atoms with van der Waals surface area (Å²) in [6, 6.07) is 6.39. The lowest BCUT2D eigenvalue weighted by atomic mass is 10.0. The number of hydrogen-bond donors (Lipinski definition) is 0. The number of carbonyl (C=O) groups excluding carboxylic acids is 1. The topological polar surface area (TPSA) is 65.6 Å². The van der Waals surface area contributed by atoms with Crippen LogP contribution >= 0.6 is 0 Å². The Bertz CT molecular complexity index is 1070. The Morgan fingerprint density at radius 2 is 2.15 bits per heavy atom. The van der Waals surface area contributed by atoms with E-state index in [1.54, 1.807) is 38.1 Å². The van der Waals surface area contributed by atoms with E-state index in [2.05, 4.69) is 11.7 Å². The van der Waals surface area contributed by atoms with Gasteiger partial charge in [-0.2, -0.15) is 5.10 Å². The second-order valence-electron chi connectivity index (χ2n) is 5.78. The molecule has 0 aliphatic heterocycles. The van der Waals surface area contributed by atoms with Gasteiger partial charge in [0, 0.05) is 5.56 Å². The Kier molecular flexibility index (Phi) is 4.71. The molecule has 0 spiro atoms. The summed E-state index contributed by atoms with van der Waals surface area (Å²) < 4.78 is 21.2. The van der Waals surface area contributed by atoms with E-state index in [0.29, 0.717) is 22.4 Å². The van der Waals surface area contributed by atoms with Gasteiger partial charge in [0.1, 0.15) is 24.2 Å². The molecule has 2 heterocycles. The molecule has 1 aromatic carbocycles. The van der Waals surface area contributed by atoms with Crippen molar-refractivity contribution >= 4 is 17.6 Å². The number of aromatic nitrogens is 3. The maximum Gasteiger partial charge on any atom is 0.326 e. The SMILES string of the molecule is C=Cc1cc(-c2ccc(F)c(C)c2)c2c(=O)n(CC(=O)OCC)cnn12. The quantitative estimate of drug-likeness (QED) is 0.660. The van der Waals surface area contributed by atoms with Crippen LogP contribution in [0, 0.1) is 12.7 Å². The molecule has 3 rings (SSSR count). The summed E-state index contributed by atoms with van der Waals surface area (Å²) in [5, 5.41) is 4.24. The molecule has 0 aliphatic rings. The molecule has 0 aliphatic carbocycles. The molecule has 0 bridgehead atoms. The number of nitrogens with zero attached hydrogens (tertiary/aromatic N) is 3. The zero-order chi connectivity index (χ0) is 18.8. The van der Waals surface area contributed by atoms with Gasteiger partial charge in [-0.25, -0.2) is 8.91 Å². The molecule has 0 saturated carbocycles. The Balaban J connectivity index is 2.22. The highest BCUT2D eigenvalue weighted by molar-refractivity contribution is 5.83. The summed E-state index contributed by atoms with van der Waals surface area (Å²) in [5.74, 6) is -0.838. The van der Waals surface area contributed by atoms with E-state index in [-0.39, 0.29) is 24.5 Å². The van der Waals surface area contributed by atoms with Crippen molar-refractivity contribution in [3.8, 4) is 11.1 Å². The van der Waals surface area contributed by atoms with Gasteiger partial charge < -0.3 is 4.74 Å². The minimum absolute atomic E-state index is 0.230. The van der Waals surface area contributed by atoms with Crippen LogP contribution < -0.4 is 5.56 Å². The van der Waals surface area contributed by atoms with Crippen molar-refractivity contribution in [1.82, 2.24) is 14.2 Å². The third kappa shape index (κ3) is 3.03. The van der Waals surface area contributed by atoms with Crippen molar-refractivity contribution in [2.45, 2.75) is 20.4 Å². The second kappa shape index (κ2) is 6.95. The van der Waals surface area contributed by atoms with E-state index in [4.69, 9.17) is 4.74 Å². The molecule has 6 nitrogen and oxygen atoms in total. The van der Waals surface area contributed by atoms with Gasteiger partial charge in [0.15, 0.2) is 0 Å². The van der Waals surface area contributed by atoms with Crippen molar-refractivity contribution in [2.24, 2.45) is 0 Å². The highest BCUT2D eigenvalue weighted by Gasteiger charge is 2.17. The van der Waals surface area contributed by atoms with Gasteiger partial charge in [0.05, 0.1) is 12.3 Å². The van der Waals surface area contributed by atoms with E-state index >= 15 is 0 Å². The van der Waals surface area contributed by atoms with Crippen LogP contribution in [0.1, 0.15) is 18.2 Å². The second-order valence-corrected chi connectivity index (χ2v) is 5.78. The average Bonchev–Trinajstić information content (AvgIpc) is 2.99. The summed E-state index contributed by atoms with van der Waals surface area (Å²) >= 11 is 0. The molecular formula is C19H18FN3O3. The number of aryl methyl sites for hydroxylation is 1. The third-order valence-corrected chi connectivity index (χ3v) is 4.06. The van der Waals surface area contributed by atoms with Gasteiger partial charge in [-0.05, 0) is 49.2 Å². The molecule has 0 atom stereocenters. The first-order chi connectivity index (χ1) is 12.5. The van der Waals surface area contributed by atoms with Crippen LogP contribution in [0.2, 0.25) is 0 Å². The first-order valence-electron chi connectivity index (χ1n) is 8.12. The van der Waals surface area contributed by atoms with Crippen LogP contribution in [0.25, 0.3) is 22.7 Å². The van der Waals surface area contributed by atoms with Crippen molar-refractivity contribution in [2.75, 3.05) is 6.61 Å². The van der Waals surface area contributed by atoms with Gasteiger partial charge in [0.2, 0.25) is 0 Å². The number of ether oxygens (including phenoxy) is 1. The monoisotopic (exact) mass is 355 g/mol. The third-order valence-electron chi connectivity index (χ3n) is 4.06. The largest absolute Gasteiger partial charge is 0.465 e. The van der Waals surface area contributed by atoms with Gasteiger partial charge in [0.25, 0.3) is 5.56 Å². The van der Waals surface area contributed by atoms with Crippen molar-refractivity contribution in [1.29, 1.82) is 0 Å². The van der Waals surface area contributed by atoms with E-state index in [0.717, 1.165) is 0 Å². The van der Waals surface area contributed by atoms with Gasteiger partial charge >= 0.3 is 5.97 Å². The van der Waals surface area contributed by atoms with E-state index in [1.807, 2.05) is 0 Å². The molecule has 0 amide bonds. The molecule has 3 aromatic rings. The smallest absolute Gasteiger partial charge is 0.326 e. The lowest BCUT2D eigenvalue weighted by Crippen LogP contribution is -2.27. The molecule has 0 radical (unpaired) electrons. The predicted molar refractivity (Wildman–Crippen MR) is 96.3 cm³/mol. The number of halogens is 1. The molecular weight excluding hydrogens is 337 g/mol. The van der Waals surface area contributed by atoms with E-state index < -0.39 is 11.5 Å². The van der Waals surface area contributed by atoms with Crippen LogP contribution in [0.4, 0.5) is 4.39 Å². The van der Waals surface area contributed by atoms with E-state index in [9.17, 15) is 14.0 Å². The number of rotatable bonds is 5. The highest BCUT2D eigenvalue weighted by atomic mass is 19.1. The standard InChI is InChI=1S/C19H18FN3O3/c1-4-14-9-15(13-6-7-16(20)12(3)8-13)18-19(25)22(11-21-23(14)18)10-17(24)26-5-2/h4,6-9,11H,1,5,10H2,2-3H3. The number of hydrogen-bond acceptors (Lipinski definition) is 4. The predicted octanol–water partition coefficient (Wildman–Crippen LogP) is 2.82. The molecule has 0 saturated heterocycles. The normalized spacial score (nSPS) is 10.9. The van der Waals surface area contributed by atoms with Crippen LogP contribution in [0.5, 0.6) is 0 Å². The molecule has 134 valence electrons. The first kappa shape index (κ1) is 17.6. The Labute approximate surface area is 149 Å². The van der Waals surface area contributed by atoms with Crippen LogP contribution in [-0.4, -0.2) is 26.8 Å². The summed E-state index contributed by atoms with van der Waals surface area (Å²) in [6.07, 6.45) is 2.87. The minimum atomic E-state index is -0.518. The maximum atomic E-state index is 13.6. The molecule has 0 unspecified atom stereocenters. The summed E-state index contributed by atoms with van der Waals surface area (Å²) in [6.45, 7) is 7.09. The number of esters is 1. The van der Waals surface area contributed by atoms with Crippen LogP contribution in [0.3, 0.4) is 0 Å². The molecule has 0 N–H and O–H groups in total. The Morgan fingerprint density at radius 3 is 2.81 bits per heavy atom. The fraction of sp³-hybridized carbons (Fsp3) is 0.211. The van der Waals surface area contributed by atoms with Gasteiger partial charge in [-0.15, -0.1) is 0 Å². The Morgan fingerprint density at radius 1 is 1.38 bits per heavy atom. The fourth-order valence-corrected chi connectivity index (χ4v) is 2.79. The lowest BCUT2D eigenvalue weighted by molar-refractivity contribution is -0.143. The minimum Gasteiger partial charge on any atom is -0.465 e. The van der Waals surface area contributed by atoms with Gasteiger partial charge in [-0.3, -0.25) is 14.2 Å².